The van der Waals surface area contributed by atoms with Crippen molar-refractivity contribution < 1.29 is 14.2 Å². The predicted molar refractivity (Wildman–Crippen MR) is 59.7 cm³/mol. The minimum absolute atomic E-state index is 0.110. The van der Waals surface area contributed by atoms with Gasteiger partial charge in [-0.25, -0.2) is 4.39 Å². The number of benzene rings is 1. The van der Waals surface area contributed by atoms with Crippen LogP contribution in [0.1, 0.15) is 30.9 Å². The second kappa shape index (κ2) is 4.15. The highest BCUT2D eigenvalue weighted by Gasteiger charge is 2.44. The van der Waals surface area contributed by atoms with Crippen LogP contribution in [0.3, 0.4) is 0 Å². The summed E-state index contributed by atoms with van der Waals surface area (Å²) in [4.78, 5) is 0. The van der Waals surface area contributed by atoms with Crippen molar-refractivity contribution in [1.29, 1.82) is 0 Å². The molecule has 0 aliphatic heterocycles. The highest BCUT2D eigenvalue weighted by molar-refractivity contribution is 5.30. The first-order valence-corrected chi connectivity index (χ1v) is 5.65. The van der Waals surface area contributed by atoms with Gasteiger partial charge in [-0.1, -0.05) is 6.07 Å². The van der Waals surface area contributed by atoms with Crippen molar-refractivity contribution in [2.45, 2.75) is 38.4 Å². The van der Waals surface area contributed by atoms with Gasteiger partial charge in [-0.2, -0.15) is 0 Å². The van der Waals surface area contributed by atoms with Gasteiger partial charge in [0.1, 0.15) is 5.82 Å². The molecule has 1 aromatic carbocycles. The highest BCUT2D eigenvalue weighted by Crippen LogP contribution is 2.43. The maximum absolute atomic E-state index is 13.2. The van der Waals surface area contributed by atoms with Gasteiger partial charge in [0.25, 0.3) is 0 Å². The Hall–Kier alpha value is -0.930. The van der Waals surface area contributed by atoms with Crippen LogP contribution < -0.4 is 0 Å². The normalized spacial score (nSPS) is 28.9. The molecule has 0 aromatic heterocycles. The van der Waals surface area contributed by atoms with E-state index in [0.29, 0.717) is 25.0 Å². The van der Waals surface area contributed by atoms with Crippen molar-refractivity contribution in [3.05, 3.63) is 35.1 Å². The molecule has 1 aromatic rings. The fraction of sp³-hybridized carbons (Fsp3) is 0.538. The van der Waals surface area contributed by atoms with Gasteiger partial charge in [-0.3, -0.25) is 0 Å². The van der Waals surface area contributed by atoms with E-state index in [1.165, 1.54) is 12.1 Å². The Morgan fingerprint density at radius 2 is 2.12 bits per heavy atom. The summed E-state index contributed by atoms with van der Waals surface area (Å²) in [6.45, 7) is 4.42. The molecule has 0 heterocycles. The Kier molecular flexibility index (Phi) is 3.00. The molecule has 0 unspecified atom stereocenters. The molecule has 0 amide bonds. The lowest BCUT2D eigenvalue weighted by Gasteiger charge is -2.43. The maximum atomic E-state index is 13.2. The average Bonchev–Trinajstić information content (AvgIpc) is 2.14. The third kappa shape index (κ3) is 2.11. The molecule has 0 atom stereocenters. The topological polar surface area (TPSA) is 29.5 Å². The first-order valence-electron chi connectivity index (χ1n) is 5.65. The zero-order valence-corrected chi connectivity index (χ0v) is 9.66. The molecule has 1 aliphatic carbocycles. The van der Waals surface area contributed by atoms with Crippen molar-refractivity contribution in [2.24, 2.45) is 0 Å². The van der Waals surface area contributed by atoms with Crippen LogP contribution >= 0.6 is 0 Å². The molecule has 2 nitrogen and oxygen atoms in total. The van der Waals surface area contributed by atoms with Gasteiger partial charge in [-0.15, -0.1) is 0 Å². The summed E-state index contributed by atoms with van der Waals surface area (Å²) in [6.07, 6.45) is 1.23. The first-order chi connectivity index (χ1) is 7.53. The molecule has 1 aliphatic rings. The molecule has 0 radical (unpaired) electrons. The summed E-state index contributed by atoms with van der Waals surface area (Å²) in [5.74, 6) is -0.289. The third-order valence-electron chi connectivity index (χ3n) is 3.11. The fourth-order valence-electron chi connectivity index (χ4n) is 2.29. The van der Waals surface area contributed by atoms with Gasteiger partial charge in [-0.05, 0) is 37.1 Å². The molecule has 2 rings (SSSR count). The summed E-state index contributed by atoms with van der Waals surface area (Å²) >= 11 is 0. The number of hydrogen-bond donors (Lipinski definition) is 1. The Balaban J connectivity index is 2.13. The summed E-state index contributed by atoms with van der Waals surface area (Å²) in [5, 5.41) is 10.3. The van der Waals surface area contributed by atoms with Crippen LogP contribution in [0.2, 0.25) is 0 Å². The highest BCUT2D eigenvalue weighted by atomic mass is 19.1. The molecule has 1 saturated carbocycles. The van der Waals surface area contributed by atoms with E-state index in [9.17, 15) is 9.50 Å². The van der Waals surface area contributed by atoms with Crippen LogP contribution in [0.25, 0.3) is 0 Å². The van der Waals surface area contributed by atoms with E-state index < -0.39 is 5.60 Å². The molecular formula is C13H17FO2. The van der Waals surface area contributed by atoms with Crippen molar-refractivity contribution in [3.63, 3.8) is 0 Å². The van der Waals surface area contributed by atoms with Crippen LogP contribution in [-0.2, 0) is 10.3 Å². The van der Waals surface area contributed by atoms with Gasteiger partial charge in [0.15, 0.2) is 0 Å². The van der Waals surface area contributed by atoms with Gasteiger partial charge in [0.2, 0.25) is 0 Å². The van der Waals surface area contributed by atoms with E-state index in [2.05, 4.69) is 0 Å². The monoisotopic (exact) mass is 224 g/mol. The molecule has 16 heavy (non-hydrogen) atoms. The lowest BCUT2D eigenvalue weighted by atomic mass is 9.72. The molecule has 0 bridgehead atoms. The number of aryl methyl sites for hydroxylation is 1. The van der Waals surface area contributed by atoms with Gasteiger partial charge >= 0.3 is 0 Å². The number of halogens is 1. The van der Waals surface area contributed by atoms with Crippen molar-refractivity contribution in [3.8, 4) is 0 Å². The van der Waals surface area contributed by atoms with Gasteiger partial charge in [0.05, 0.1) is 11.7 Å². The predicted octanol–water partition coefficient (Wildman–Crippen LogP) is 2.52. The van der Waals surface area contributed by atoms with Crippen LogP contribution in [-0.4, -0.2) is 17.8 Å². The molecule has 88 valence electrons. The molecule has 1 N–H and O–H groups in total. The van der Waals surface area contributed by atoms with E-state index in [1.54, 1.807) is 0 Å². The zero-order chi connectivity index (χ0) is 11.8. The largest absolute Gasteiger partial charge is 0.385 e. The standard InChI is InChI=1S/C13H17FO2/c1-3-16-12-7-13(15,8-12)10-4-9(2)5-11(14)6-10/h4-6,12,15H,3,7-8H2,1-2H3. The van der Waals surface area contributed by atoms with E-state index in [-0.39, 0.29) is 11.9 Å². The van der Waals surface area contributed by atoms with E-state index in [1.807, 2.05) is 19.9 Å². The molecule has 3 heteroatoms. The Morgan fingerprint density at radius 3 is 2.69 bits per heavy atom. The lowest BCUT2D eigenvalue weighted by molar-refractivity contribution is -0.142. The van der Waals surface area contributed by atoms with E-state index >= 15 is 0 Å². The van der Waals surface area contributed by atoms with E-state index in [4.69, 9.17) is 4.74 Å². The Morgan fingerprint density at radius 1 is 1.44 bits per heavy atom. The SMILES string of the molecule is CCOC1CC(O)(c2cc(C)cc(F)c2)C1. The summed E-state index contributed by atoms with van der Waals surface area (Å²) < 4.78 is 18.6. The van der Waals surface area contributed by atoms with Crippen LogP contribution in [0, 0.1) is 12.7 Å². The second-order valence-electron chi connectivity index (χ2n) is 4.53. The van der Waals surface area contributed by atoms with Crippen LogP contribution in [0.5, 0.6) is 0 Å². The number of ether oxygens (including phenoxy) is 1. The fourth-order valence-corrected chi connectivity index (χ4v) is 2.29. The Bertz CT molecular complexity index is 363. The molecule has 0 spiro atoms. The minimum atomic E-state index is -0.896. The summed E-state index contributed by atoms with van der Waals surface area (Å²) in [6, 6.07) is 4.71. The van der Waals surface area contributed by atoms with Crippen molar-refractivity contribution in [2.75, 3.05) is 6.61 Å². The summed E-state index contributed by atoms with van der Waals surface area (Å²) in [7, 11) is 0. The minimum Gasteiger partial charge on any atom is -0.385 e. The lowest BCUT2D eigenvalue weighted by Crippen LogP contribution is -2.46. The third-order valence-corrected chi connectivity index (χ3v) is 3.11. The Labute approximate surface area is 95.1 Å². The van der Waals surface area contributed by atoms with E-state index in [0.717, 1.165) is 5.56 Å². The molecule has 0 saturated heterocycles. The second-order valence-corrected chi connectivity index (χ2v) is 4.53. The van der Waals surface area contributed by atoms with Crippen molar-refractivity contribution >= 4 is 0 Å². The number of aliphatic hydroxyl groups is 1. The van der Waals surface area contributed by atoms with Crippen LogP contribution in [0.4, 0.5) is 4.39 Å². The average molecular weight is 224 g/mol. The quantitative estimate of drug-likeness (QED) is 0.854. The number of hydrogen-bond acceptors (Lipinski definition) is 2. The summed E-state index contributed by atoms with van der Waals surface area (Å²) in [5.41, 5.74) is 0.608. The van der Waals surface area contributed by atoms with Gasteiger partial charge in [0, 0.05) is 19.4 Å². The van der Waals surface area contributed by atoms with Crippen LogP contribution in [0.15, 0.2) is 18.2 Å². The van der Waals surface area contributed by atoms with Crippen molar-refractivity contribution in [1.82, 2.24) is 0 Å². The number of rotatable bonds is 3. The first kappa shape index (κ1) is 11.6. The molecule has 1 fully saturated rings. The maximum Gasteiger partial charge on any atom is 0.123 e. The molecular weight excluding hydrogens is 207 g/mol. The smallest absolute Gasteiger partial charge is 0.123 e. The van der Waals surface area contributed by atoms with Gasteiger partial charge < -0.3 is 9.84 Å². The zero-order valence-electron chi connectivity index (χ0n) is 9.66.